The van der Waals surface area contributed by atoms with Gasteiger partial charge < -0.3 is 10.6 Å². The smallest absolute Gasteiger partial charge is 0.330 e. The monoisotopic (exact) mass is 480 g/mol. The second-order valence-electron chi connectivity index (χ2n) is 7.68. The van der Waals surface area contributed by atoms with E-state index in [1.807, 2.05) is 0 Å². The molecule has 0 radical (unpaired) electrons. The molecule has 0 saturated carbocycles. The minimum absolute atomic E-state index is 0.0772. The van der Waals surface area contributed by atoms with Crippen LogP contribution in [0.1, 0.15) is 36.8 Å². The van der Waals surface area contributed by atoms with Crippen molar-refractivity contribution < 1.29 is 27.2 Å². The lowest BCUT2D eigenvalue weighted by molar-refractivity contribution is -0.137. The summed E-state index contributed by atoms with van der Waals surface area (Å²) in [6.07, 6.45) is -5.09. The van der Waals surface area contributed by atoms with E-state index >= 15 is 0 Å². The molecule has 0 saturated heterocycles. The van der Waals surface area contributed by atoms with Crippen molar-refractivity contribution >= 4 is 40.0 Å². The maximum Gasteiger partial charge on any atom is 0.416 e. The number of amides is 2. The van der Waals surface area contributed by atoms with Gasteiger partial charge in [0.05, 0.1) is 17.5 Å². The zero-order valence-electron chi connectivity index (χ0n) is 17.1. The fourth-order valence-electron chi connectivity index (χ4n) is 3.88. The SMILES string of the molecule is CC1=C(CC(=O)Nc2ccc3n[nH]c(Cl)c3c2)C(c2ccc(C(F)(F)F)cc2F)CC(=O)N1. The summed E-state index contributed by atoms with van der Waals surface area (Å²) in [6, 6.07) is 7.12. The van der Waals surface area contributed by atoms with Crippen LogP contribution in [0.5, 0.6) is 0 Å². The lowest BCUT2D eigenvalue weighted by Gasteiger charge is -2.28. The van der Waals surface area contributed by atoms with Crippen LogP contribution in [-0.4, -0.2) is 22.0 Å². The van der Waals surface area contributed by atoms with Crippen LogP contribution in [-0.2, 0) is 15.8 Å². The average molecular weight is 481 g/mol. The molecular weight excluding hydrogens is 464 g/mol. The van der Waals surface area contributed by atoms with Gasteiger partial charge in [-0.25, -0.2) is 4.39 Å². The van der Waals surface area contributed by atoms with Gasteiger partial charge in [-0.05, 0) is 48.4 Å². The number of nitrogens with one attached hydrogen (secondary N) is 3. The Hall–Kier alpha value is -3.40. The third kappa shape index (κ3) is 4.70. The van der Waals surface area contributed by atoms with E-state index in [1.165, 1.54) is 0 Å². The van der Waals surface area contributed by atoms with Gasteiger partial charge in [-0.15, -0.1) is 0 Å². The molecule has 11 heteroatoms. The molecule has 172 valence electrons. The number of nitrogens with zero attached hydrogens (tertiary/aromatic N) is 1. The molecule has 3 N–H and O–H groups in total. The van der Waals surface area contributed by atoms with E-state index < -0.39 is 35.3 Å². The molecule has 1 aromatic heterocycles. The number of benzene rings is 2. The molecule has 4 rings (SSSR count). The molecular formula is C22H17ClF4N4O2. The van der Waals surface area contributed by atoms with Gasteiger partial charge in [0.25, 0.3) is 0 Å². The van der Waals surface area contributed by atoms with Crippen LogP contribution >= 0.6 is 11.6 Å². The van der Waals surface area contributed by atoms with E-state index in [0.29, 0.717) is 39.1 Å². The molecule has 0 bridgehead atoms. The first kappa shape index (κ1) is 22.8. The number of carbonyl (C=O) groups excluding carboxylic acids is 2. The first-order valence-corrected chi connectivity index (χ1v) is 10.2. The quantitative estimate of drug-likeness (QED) is 0.444. The minimum atomic E-state index is -4.70. The number of alkyl halides is 3. The molecule has 33 heavy (non-hydrogen) atoms. The molecule has 0 spiro atoms. The predicted octanol–water partition coefficient (Wildman–Crippen LogP) is 5.28. The summed E-state index contributed by atoms with van der Waals surface area (Å²) >= 11 is 6.03. The van der Waals surface area contributed by atoms with Crippen LogP contribution in [0.3, 0.4) is 0 Å². The first-order valence-electron chi connectivity index (χ1n) is 9.82. The van der Waals surface area contributed by atoms with E-state index in [1.54, 1.807) is 25.1 Å². The number of carbonyl (C=O) groups is 2. The van der Waals surface area contributed by atoms with Gasteiger partial charge in [0.2, 0.25) is 11.8 Å². The molecule has 0 aliphatic carbocycles. The second-order valence-corrected chi connectivity index (χ2v) is 8.06. The summed E-state index contributed by atoms with van der Waals surface area (Å²) in [5, 5.41) is 12.9. The number of fused-ring (bicyclic) bond motifs is 1. The summed E-state index contributed by atoms with van der Waals surface area (Å²) in [6.45, 7) is 1.56. The van der Waals surface area contributed by atoms with Crippen molar-refractivity contribution in [2.75, 3.05) is 5.32 Å². The lowest BCUT2D eigenvalue weighted by atomic mass is 9.82. The fraction of sp³-hybridized carbons (Fsp3) is 0.227. The van der Waals surface area contributed by atoms with Gasteiger partial charge in [0, 0.05) is 29.1 Å². The van der Waals surface area contributed by atoms with Crippen molar-refractivity contribution in [3.05, 3.63) is 69.8 Å². The Kier molecular flexibility index (Phi) is 5.87. The summed E-state index contributed by atoms with van der Waals surface area (Å²) in [5.41, 5.74) is 0.631. The van der Waals surface area contributed by atoms with E-state index in [-0.39, 0.29) is 18.4 Å². The Bertz CT molecular complexity index is 1300. The Labute approximate surface area is 190 Å². The number of hydrogen-bond donors (Lipinski definition) is 3. The topological polar surface area (TPSA) is 86.9 Å². The first-order chi connectivity index (χ1) is 15.5. The van der Waals surface area contributed by atoms with Gasteiger partial charge in [-0.3, -0.25) is 14.7 Å². The number of aromatic amines is 1. The molecule has 3 aromatic rings. The number of H-pyrrole nitrogens is 1. The van der Waals surface area contributed by atoms with Crippen molar-refractivity contribution in [1.29, 1.82) is 0 Å². The van der Waals surface area contributed by atoms with Crippen LogP contribution < -0.4 is 10.6 Å². The van der Waals surface area contributed by atoms with Gasteiger partial charge in [-0.2, -0.15) is 18.3 Å². The highest BCUT2D eigenvalue weighted by atomic mass is 35.5. The summed E-state index contributed by atoms with van der Waals surface area (Å²) < 4.78 is 53.4. The average Bonchev–Trinajstić information content (AvgIpc) is 3.09. The Balaban J connectivity index is 1.60. The molecule has 6 nitrogen and oxygen atoms in total. The van der Waals surface area contributed by atoms with Crippen LogP contribution in [0.2, 0.25) is 5.15 Å². The molecule has 1 atom stereocenters. The third-order valence-electron chi connectivity index (χ3n) is 5.46. The lowest BCUT2D eigenvalue weighted by Crippen LogP contribution is -2.32. The van der Waals surface area contributed by atoms with Crippen LogP contribution in [0.15, 0.2) is 47.7 Å². The van der Waals surface area contributed by atoms with Crippen molar-refractivity contribution in [2.24, 2.45) is 0 Å². The second kappa shape index (κ2) is 8.51. The van der Waals surface area contributed by atoms with Gasteiger partial charge in [-0.1, -0.05) is 17.7 Å². The molecule has 1 aliphatic heterocycles. The Morgan fingerprint density at radius 2 is 2.00 bits per heavy atom. The summed E-state index contributed by atoms with van der Waals surface area (Å²) in [4.78, 5) is 24.8. The Morgan fingerprint density at radius 1 is 1.24 bits per heavy atom. The van der Waals surface area contributed by atoms with E-state index in [2.05, 4.69) is 20.8 Å². The molecule has 2 heterocycles. The van der Waals surface area contributed by atoms with Crippen molar-refractivity contribution in [2.45, 2.75) is 31.9 Å². The zero-order chi connectivity index (χ0) is 23.9. The highest BCUT2D eigenvalue weighted by molar-refractivity contribution is 6.34. The fourth-order valence-corrected chi connectivity index (χ4v) is 4.08. The standard InChI is InChI=1S/C22H17ClF4N4O2/c1-10-14(8-20(33)29-12-3-5-18-16(7-12)21(23)31-30-18)15(9-19(32)28-10)13-4-2-11(6-17(13)24)22(25,26)27/h2-7,15H,8-9H2,1H3,(H,28,32)(H,29,33)(H,30,31). The zero-order valence-corrected chi connectivity index (χ0v) is 17.9. The van der Waals surface area contributed by atoms with Gasteiger partial charge >= 0.3 is 6.18 Å². The van der Waals surface area contributed by atoms with Crippen LogP contribution in [0.25, 0.3) is 10.9 Å². The van der Waals surface area contributed by atoms with E-state index in [9.17, 15) is 27.2 Å². The maximum atomic E-state index is 14.7. The molecule has 2 amide bonds. The molecule has 1 unspecified atom stereocenters. The predicted molar refractivity (Wildman–Crippen MR) is 114 cm³/mol. The number of anilines is 1. The van der Waals surface area contributed by atoms with Gasteiger partial charge in [0.15, 0.2) is 0 Å². The number of rotatable bonds is 4. The van der Waals surface area contributed by atoms with Crippen molar-refractivity contribution in [3.8, 4) is 0 Å². The highest BCUT2D eigenvalue weighted by Crippen LogP contribution is 2.38. The molecule has 2 aromatic carbocycles. The van der Waals surface area contributed by atoms with E-state index in [0.717, 1.165) is 12.1 Å². The van der Waals surface area contributed by atoms with Crippen LogP contribution in [0.4, 0.5) is 23.2 Å². The minimum Gasteiger partial charge on any atom is -0.330 e. The number of allylic oxidation sites excluding steroid dienone is 1. The summed E-state index contributed by atoms with van der Waals surface area (Å²) in [7, 11) is 0. The van der Waals surface area contributed by atoms with Gasteiger partial charge in [0.1, 0.15) is 11.0 Å². The Morgan fingerprint density at radius 3 is 2.70 bits per heavy atom. The highest BCUT2D eigenvalue weighted by Gasteiger charge is 2.34. The number of aromatic nitrogens is 2. The van der Waals surface area contributed by atoms with Crippen molar-refractivity contribution in [3.63, 3.8) is 0 Å². The maximum absolute atomic E-state index is 14.7. The normalized spacial score (nSPS) is 16.8. The van der Waals surface area contributed by atoms with Crippen molar-refractivity contribution in [1.82, 2.24) is 15.5 Å². The van der Waals surface area contributed by atoms with E-state index in [4.69, 9.17) is 11.6 Å². The largest absolute Gasteiger partial charge is 0.416 e. The summed E-state index contributed by atoms with van der Waals surface area (Å²) in [5.74, 6) is -2.83. The third-order valence-corrected chi connectivity index (χ3v) is 5.75. The number of hydrogen-bond acceptors (Lipinski definition) is 3. The molecule has 0 fully saturated rings. The molecule has 1 aliphatic rings. The van der Waals surface area contributed by atoms with Crippen LogP contribution in [0, 0.1) is 5.82 Å². The number of halogens is 5.